The van der Waals surface area contributed by atoms with Gasteiger partial charge in [-0.2, -0.15) is 0 Å². The molecule has 0 bridgehead atoms. The summed E-state index contributed by atoms with van der Waals surface area (Å²) in [4.78, 5) is 15.1. The largest absolute Gasteiger partial charge is 0.308 e. The van der Waals surface area contributed by atoms with Gasteiger partial charge in [0.25, 0.3) is 0 Å². The van der Waals surface area contributed by atoms with Crippen molar-refractivity contribution in [2.24, 2.45) is 0 Å². The van der Waals surface area contributed by atoms with E-state index in [4.69, 9.17) is 15.0 Å². The molecule has 11 aromatic rings. The maximum atomic E-state index is 5.09. The number of hydrogen-bond donors (Lipinski definition) is 0. The molecule has 0 radical (unpaired) electrons. The third-order valence-electron chi connectivity index (χ3n) is 10.7. The van der Waals surface area contributed by atoms with E-state index in [-0.39, 0.29) is 0 Å². The average Bonchev–Trinajstić information content (AvgIpc) is 3.82. The first-order chi connectivity index (χ1) is 27.8. The van der Waals surface area contributed by atoms with Gasteiger partial charge >= 0.3 is 0 Å². The predicted molar refractivity (Wildman–Crippen MR) is 234 cm³/mol. The molecule has 0 aliphatic rings. The maximum Gasteiger partial charge on any atom is 0.164 e. The van der Waals surface area contributed by atoms with Crippen LogP contribution in [0.15, 0.2) is 194 Å². The molecule has 0 amide bonds. The number of benzene rings is 8. The molecular formula is C51H32N4S. The number of nitrogens with zero attached hydrogens (tertiary/aromatic N) is 4. The van der Waals surface area contributed by atoms with Crippen molar-refractivity contribution in [3.8, 4) is 62.1 Å². The highest BCUT2D eigenvalue weighted by molar-refractivity contribution is 7.25. The Balaban J connectivity index is 1.17. The maximum absolute atomic E-state index is 5.09. The van der Waals surface area contributed by atoms with Crippen LogP contribution in [0.1, 0.15) is 0 Å². The molecule has 0 aliphatic carbocycles. The van der Waals surface area contributed by atoms with Gasteiger partial charge in [-0.25, -0.2) is 15.0 Å². The minimum Gasteiger partial charge on any atom is -0.308 e. The molecule has 0 saturated heterocycles. The first-order valence-electron chi connectivity index (χ1n) is 18.8. The molecule has 4 nitrogen and oxygen atoms in total. The zero-order valence-corrected chi connectivity index (χ0v) is 31.0. The number of fused-ring (bicyclic) bond motifs is 6. The summed E-state index contributed by atoms with van der Waals surface area (Å²) in [5, 5.41) is 5.02. The van der Waals surface area contributed by atoms with Gasteiger partial charge in [0.05, 0.1) is 16.7 Å². The van der Waals surface area contributed by atoms with E-state index in [1.807, 2.05) is 72.0 Å². The second kappa shape index (κ2) is 13.3. The van der Waals surface area contributed by atoms with E-state index in [1.54, 1.807) is 0 Å². The van der Waals surface area contributed by atoms with Crippen LogP contribution in [0.2, 0.25) is 0 Å². The lowest BCUT2D eigenvalue weighted by atomic mass is 9.98. The molecule has 0 N–H and O–H groups in total. The van der Waals surface area contributed by atoms with Gasteiger partial charge in [-0.3, -0.25) is 0 Å². The SMILES string of the molecule is c1ccc(-c2nc(-c3ccccc3)nc(-c3ccc(-n4c5ccccc5c5cccc(-c6ccc7sc8ccccc8c7c6)c54)c(-c4ccccc4)c3)n2)cc1. The second-order valence-electron chi connectivity index (χ2n) is 14.0. The molecule has 0 spiro atoms. The van der Waals surface area contributed by atoms with Crippen LogP contribution >= 0.6 is 11.3 Å². The molecule has 3 aromatic heterocycles. The summed E-state index contributed by atoms with van der Waals surface area (Å²) < 4.78 is 5.07. The monoisotopic (exact) mass is 732 g/mol. The molecule has 3 heterocycles. The van der Waals surface area contributed by atoms with Gasteiger partial charge in [0.15, 0.2) is 17.5 Å². The number of hydrogen-bond acceptors (Lipinski definition) is 4. The molecule has 0 aliphatic heterocycles. The van der Waals surface area contributed by atoms with Crippen LogP contribution in [0.5, 0.6) is 0 Å². The summed E-state index contributed by atoms with van der Waals surface area (Å²) in [5.74, 6) is 1.91. The second-order valence-corrected chi connectivity index (χ2v) is 15.1. The van der Waals surface area contributed by atoms with Crippen LogP contribution in [-0.4, -0.2) is 19.5 Å². The van der Waals surface area contributed by atoms with E-state index in [2.05, 4.69) is 138 Å². The summed E-state index contributed by atoms with van der Waals surface area (Å²) >= 11 is 1.85. The fourth-order valence-electron chi connectivity index (χ4n) is 8.05. The molecule has 0 atom stereocenters. The van der Waals surface area contributed by atoms with Crippen molar-refractivity contribution in [3.05, 3.63) is 194 Å². The zero-order chi connectivity index (χ0) is 37.0. The van der Waals surface area contributed by atoms with E-state index in [9.17, 15) is 0 Å². The summed E-state index contributed by atoms with van der Waals surface area (Å²) in [5.41, 5.74) is 10.8. The first-order valence-corrected chi connectivity index (χ1v) is 19.6. The summed E-state index contributed by atoms with van der Waals surface area (Å²) in [7, 11) is 0. The summed E-state index contributed by atoms with van der Waals surface area (Å²) in [6.07, 6.45) is 0. The highest BCUT2D eigenvalue weighted by Crippen LogP contribution is 2.43. The Bertz CT molecular complexity index is 3180. The first kappa shape index (κ1) is 32.2. The van der Waals surface area contributed by atoms with Gasteiger partial charge in [0, 0.05) is 58.8 Å². The van der Waals surface area contributed by atoms with Crippen LogP contribution in [0.3, 0.4) is 0 Å². The van der Waals surface area contributed by atoms with E-state index < -0.39 is 0 Å². The van der Waals surface area contributed by atoms with Crippen molar-refractivity contribution < 1.29 is 0 Å². The molecule has 262 valence electrons. The van der Waals surface area contributed by atoms with Gasteiger partial charge in [0.2, 0.25) is 0 Å². The van der Waals surface area contributed by atoms with Gasteiger partial charge in [0.1, 0.15) is 0 Å². The highest BCUT2D eigenvalue weighted by Gasteiger charge is 2.21. The third kappa shape index (κ3) is 5.40. The molecule has 8 aromatic carbocycles. The van der Waals surface area contributed by atoms with Crippen molar-refractivity contribution in [1.29, 1.82) is 0 Å². The Hall–Kier alpha value is -7.21. The van der Waals surface area contributed by atoms with Crippen LogP contribution in [0.25, 0.3) is 104 Å². The number of aromatic nitrogens is 4. The lowest BCUT2D eigenvalue weighted by Crippen LogP contribution is -2.02. The molecular weight excluding hydrogens is 701 g/mol. The van der Waals surface area contributed by atoms with Crippen molar-refractivity contribution in [2.45, 2.75) is 0 Å². The van der Waals surface area contributed by atoms with Crippen LogP contribution in [0.4, 0.5) is 0 Å². The summed E-state index contributed by atoms with van der Waals surface area (Å²) in [6.45, 7) is 0. The number of rotatable bonds is 6. The van der Waals surface area contributed by atoms with Crippen molar-refractivity contribution in [1.82, 2.24) is 19.5 Å². The Morgan fingerprint density at radius 1 is 0.339 bits per heavy atom. The average molecular weight is 733 g/mol. The Kier molecular flexibility index (Phi) is 7.64. The lowest BCUT2D eigenvalue weighted by molar-refractivity contribution is 1.07. The highest BCUT2D eigenvalue weighted by atomic mass is 32.1. The quantitative estimate of drug-likeness (QED) is 0.171. The van der Waals surface area contributed by atoms with Gasteiger partial charge < -0.3 is 4.57 Å². The normalized spacial score (nSPS) is 11.6. The van der Waals surface area contributed by atoms with E-state index in [0.717, 1.165) is 39.0 Å². The number of para-hydroxylation sites is 2. The molecule has 0 saturated carbocycles. The molecule has 0 unspecified atom stereocenters. The third-order valence-corrected chi connectivity index (χ3v) is 11.8. The number of thiophene rings is 1. The Morgan fingerprint density at radius 3 is 1.61 bits per heavy atom. The minimum atomic E-state index is 0.626. The van der Waals surface area contributed by atoms with E-state index >= 15 is 0 Å². The molecule has 56 heavy (non-hydrogen) atoms. The Labute approximate surface area is 327 Å². The fourth-order valence-corrected chi connectivity index (χ4v) is 9.14. The van der Waals surface area contributed by atoms with Gasteiger partial charge in [-0.1, -0.05) is 152 Å². The van der Waals surface area contributed by atoms with Crippen LogP contribution in [0, 0.1) is 0 Å². The smallest absolute Gasteiger partial charge is 0.164 e. The van der Waals surface area contributed by atoms with Crippen molar-refractivity contribution in [2.75, 3.05) is 0 Å². The predicted octanol–water partition coefficient (Wildman–Crippen LogP) is 13.7. The fraction of sp³-hybridized carbons (Fsp3) is 0. The zero-order valence-electron chi connectivity index (χ0n) is 30.2. The molecule has 5 heteroatoms. The van der Waals surface area contributed by atoms with Crippen LogP contribution in [-0.2, 0) is 0 Å². The summed E-state index contributed by atoms with van der Waals surface area (Å²) in [6, 6.07) is 68.7. The minimum absolute atomic E-state index is 0.626. The lowest BCUT2D eigenvalue weighted by Gasteiger charge is -2.17. The Morgan fingerprint density at radius 2 is 0.893 bits per heavy atom. The van der Waals surface area contributed by atoms with Crippen molar-refractivity contribution >= 4 is 53.3 Å². The standard InChI is InChI=1S/C51H32N4S/c1-4-15-33(16-5-1)42-32-37(51-53-49(34-17-6-2-7-18-34)52-50(54-51)35-19-8-3-9-20-35)27-29-45(42)55-44-25-12-10-21-39(44)41-24-14-23-38(48(41)55)36-28-30-47-43(31-36)40-22-11-13-26-46(40)56-47/h1-32H. The van der Waals surface area contributed by atoms with E-state index in [1.165, 1.54) is 47.6 Å². The topological polar surface area (TPSA) is 43.6 Å². The van der Waals surface area contributed by atoms with Crippen molar-refractivity contribution in [3.63, 3.8) is 0 Å². The molecule has 11 rings (SSSR count). The van der Waals surface area contributed by atoms with Gasteiger partial charge in [-0.15, -0.1) is 11.3 Å². The van der Waals surface area contributed by atoms with Crippen LogP contribution < -0.4 is 0 Å². The molecule has 0 fully saturated rings. The van der Waals surface area contributed by atoms with Gasteiger partial charge in [-0.05, 0) is 53.6 Å². The van der Waals surface area contributed by atoms with E-state index in [0.29, 0.717) is 17.5 Å².